The van der Waals surface area contributed by atoms with E-state index in [0.29, 0.717) is 17.7 Å². The highest BCUT2D eigenvalue weighted by Gasteiger charge is 2.15. The summed E-state index contributed by atoms with van der Waals surface area (Å²) in [6, 6.07) is 4.73. The number of carbonyl (C=O) groups excluding carboxylic acids is 2. The van der Waals surface area contributed by atoms with E-state index < -0.39 is 0 Å². The zero-order chi connectivity index (χ0) is 14.4. The van der Waals surface area contributed by atoms with Crippen LogP contribution >= 0.6 is 0 Å². The van der Waals surface area contributed by atoms with Crippen molar-refractivity contribution in [3.63, 3.8) is 0 Å². The zero-order valence-corrected chi connectivity index (χ0v) is 11.6. The topological polar surface area (TPSA) is 69.6 Å². The zero-order valence-electron chi connectivity index (χ0n) is 11.6. The van der Waals surface area contributed by atoms with Gasteiger partial charge in [0.2, 0.25) is 5.91 Å². The molecule has 0 saturated heterocycles. The Hall–Kier alpha value is -2.04. The number of nitrogens with zero attached hydrogens (tertiary/aromatic N) is 1. The first-order chi connectivity index (χ1) is 8.95. The van der Waals surface area contributed by atoms with E-state index in [2.05, 4.69) is 5.32 Å². The van der Waals surface area contributed by atoms with Crippen molar-refractivity contribution in [2.24, 2.45) is 0 Å². The predicted molar refractivity (Wildman–Crippen MR) is 73.1 cm³/mol. The first-order valence-electron chi connectivity index (χ1n) is 6.27. The minimum absolute atomic E-state index is 0.00741. The molecule has 1 aromatic rings. The van der Waals surface area contributed by atoms with E-state index >= 15 is 0 Å². The molecule has 0 spiro atoms. The van der Waals surface area contributed by atoms with Gasteiger partial charge < -0.3 is 15.3 Å². The smallest absolute Gasteiger partial charge is 0.254 e. The second kappa shape index (κ2) is 6.78. The van der Waals surface area contributed by atoms with Crippen LogP contribution in [0.15, 0.2) is 18.2 Å². The molecule has 0 bridgehead atoms. The number of carbonyl (C=O) groups is 2. The molecule has 104 valence electrons. The Labute approximate surface area is 113 Å². The number of phenolic OH excluding ortho intramolecular Hbond substituents is 1. The molecule has 0 aliphatic rings. The van der Waals surface area contributed by atoms with Crippen molar-refractivity contribution in [2.45, 2.75) is 20.3 Å². The van der Waals surface area contributed by atoms with E-state index in [1.54, 1.807) is 26.1 Å². The lowest BCUT2D eigenvalue weighted by atomic mass is 10.1. The second-order valence-electron chi connectivity index (χ2n) is 4.51. The van der Waals surface area contributed by atoms with E-state index in [1.165, 1.54) is 11.0 Å². The van der Waals surface area contributed by atoms with Gasteiger partial charge in [-0.25, -0.2) is 0 Å². The molecule has 5 heteroatoms. The van der Waals surface area contributed by atoms with Gasteiger partial charge in [-0.2, -0.15) is 0 Å². The minimum atomic E-state index is -0.290. The lowest BCUT2D eigenvalue weighted by Gasteiger charge is -2.17. The fourth-order valence-corrected chi connectivity index (χ4v) is 1.57. The van der Waals surface area contributed by atoms with E-state index in [0.717, 1.165) is 6.42 Å². The van der Waals surface area contributed by atoms with Gasteiger partial charge in [-0.15, -0.1) is 0 Å². The molecule has 5 nitrogen and oxygen atoms in total. The molecule has 0 aromatic heterocycles. The summed E-state index contributed by atoms with van der Waals surface area (Å²) in [6.07, 6.45) is 0.856. The SMILES string of the molecule is CCCNC(=O)CN(C)C(=O)c1ccc(C)c(O)c1. The van der Waals surface area contributed by atoms with Crippen LogP contribution in [0.1, 0.15) is 29.3 Å². The number of likely N-dealkylation sites (N-methyl/N-ethyl adjacent to an activating group) is 1. The maximum absolute atomic E-state index is 12.1. The average Bonchev–Trinajstić information content (AvgIpc) is 2.38. The molecule has 19 heavy (non-hydrogen) atoms. The van der Waals surface area contributed by atoms with E-state index in [1.807, 2.05) is 6.92 Å². The molecule has 0 fully saturated rings. The number of aromatic hydroxyl groups is 1. The van der Waals surface area contributed by atoms with Gasteiger partial charge in [0.15, 0.2) is 0 Å². The Morgan fingerprint density at radius 2 is 2.05 bits per heavy atom. The molecule has 2 N–H and O–H groups in total. The third kappa shape index (κ3) is 4.28. The van der Waals surface area contributed by atoms with Gasteiger partial charge in [-0.3, -0.25) is 9.59 Å². The van der Waals surface area contributed by atoms with Gasteiger partial charge in [0.05, 0.1) is 6.54 Å². The average molecular weight is 264 g/mol. The molecule has 2 amide bonds. The van der Waals surface area contributed by atoms with Crippen LogP contribution in [0.3, 0.4) is 0 Å². The number of aryl methyl sites for hydroxylation is 1. The van der Waals surface area contributed by atoms with Gasteiger partial charge in [-0.1, -0.05) is 13.0 Å². The summed E-state index contributed by atoms with van der Waals surface area (Å²) >= 11 is 0. The number of hydrogen-bond donors (Lipinski definition) is 2. The molecule has 1 rings (SSSR count). The predicted octanol–water partition coefficient (Wildman–Crippen LogP) is 1.30. The molecule has 0 saturated carbocycles. The third-order valence-electron chi connectivity index (χ3n) is 2.76. The van der Waals surface area contributed by atoms with Crippen LogP contribution in [0.5, 0.6) is 5.75 Å². The maximum Gasteiger partial charge on any atom is 0.254 e. The van der Waals surface area contributed by atoms with Crippen LogP contribution in [0.2, 0.25) is 0 Å². The molecule has 0 heterocycles. The van der Waals surface area contributed by atoms with Crippen molar-refractivity contribution in [3.05, 3.63) is 29.3 Å². The normalized spacial score (nSPS) is 10.1. The maximum atomic E-state index is 12.1. The summed E-state index contributed by atoms with van der Waals surface area (Å²) in [5, 5.41) is 12.3. The van der Waals surface area contributed by atoms with Crippen LogP contribution in [0.25, 0.3) is 0 Å². The number of rotatable bonds is 5. The quantitative estimate of drug-likeness (QED) is 0.842. The molecule has 0 aliphatic heterocycles. The highest BCUT2D eigenvalue weighted by molar-refractivity contribution is 5.96. The highest BCUT2D eigenvalue weighted by atomic mass is 16.3. The summed E-state index contributed by atoms with van der Waals surface area (Å²) in [6.45, 7) is 4.33. The lowest BCUT2D eigenvalue weighted by Crippen LogP contribution is -2.38. The van der Waals surface area contributed by atoms with Crippen LogP contribution < -0.4 is 5.32 Å². The third-order valence-corrected chi connectivity index (χ3v) is 2.76. The van der Waals surface area contributed by atoms with Gasteiger partial charge in [0, 0.05) is 19.2 Å². The van der Waals surface area contributed by atoms with Crippen molar-refractivity contribution in [2.75, 3.05) is 20.1 Å². The molecule has 0 radical (unpaired) electrons. The summed E-state index contributed by atoms with van der Waals surface area (Å²) in [5.41, 5.74) is 1.08. The van der Waals surface area contributed by atoms with Crippen molar-refractivity contribution in [1.29, 1.82) is 0 Å². The van der Waals surface area contributed by atoms with Crippen molar-refractivity contribution < 1.29 is 14.7 Å². The molecule has 0 aliphatic carbocycles. The monoisotopic (exact) mass is 264 g/mol. The Bertz CT molecular complexity index is 472. The van der Waals surface area contributed by atoms with Gasteiger partial charge in [0.25, 0.3) is 5.91 Å². The van der Waals surface area contributed by atoms with Gasteiger partial charge in [0.1, 0.15) is 5.75 Å². The van der Waals surface area contributed by atoms with Crippen LogP contribution in [0, 0.1) is 6.92 Å². The van der Waals surface area contributed by atoms with E-state index in [4.69, 9.17) is 0 Å². The Balaban J connectivity index is 2.66. The lowest BCUT2D eigenvalue weighted by molar-refractivity contribution is -0.121. The standard InChI is InChI=1S/C14H20N2O3/c1-4-7-15-13(18)9-16(3)14(19)11-6-5-10(2)12(17)8-11/h5-6,8,17H,4,7,9H2,1-3H3,(H,15,18). The number of phenols is 1. The van der Waals surface area contributed by atoms with Gasteiger partial charge >= 0.3 is 0 Å². The number of hydrogen-bond acceptors (Lipinski definition) is 3. The van der Waals surface area contributed by atoms with Crippen molar-refractivity contribution in [1.82, 2.24) is 10.2 Å². The fraction of sp³-hybridized carbons (Fsp3) is 0.429. The van der Waals surface area contributed by atoms with Crippen LogP contribution in [-0.2, 0) is 4.79 Å². The van der Waals surface area contributed by atoms with E-state index in [9.17, 15) is 14.7 Å². The molecule has 0 unspecified atom stereocenters. The van der Waals surface area contributed by atoms with Crippen molar-refractivity contribution >= 4 is 11.8 Å². The Morgan fingerprint density at radius 1 is 1.37 bits per heavy atom. The molecule has 1 aromatic carbocycles. The Morgan fingerprint density at radius 3 is 2.63 bits per heavy atom. The number of nitrogens with one attached hydrogen (secondary N) is 1. The molecular formula is C14H20N2O3. The number of amides is 2. The van der Waals surface area contributed by atoms with Crippen LogP contribution in [-0.4, -0.2) is 42.0 Å². The minimum Gasteiger partial charge on any atom is -0.508 e. The van der Waals surface area contributed by atoms with Crippen molar-refractivity contribution in [3.8, 4) is 5.75 Å². The molecular weight excluding hydrogens is 244 g/mol. The summed E-state index contributed by atoms with van der Waals surface area (Å²) < 4.78 is 0. The van der Waals surface area contributed by atoms with Crippen LogP contribution in [0.4, 0.5) is 0 Å². The molecule has 0 atom stereocenters. The summed E-state index contributed by atoms with van der Waals surface area (Å²) in [7, 11) is 1.56. The first-order valence-corrected chi connectivity index (χ1v) is 6.27. The van der Waals surface area contributed by atoms with E-state index in [-0.39, 0.29) is 24.1 Å². The Kier molecular flexibility index (Phi) is 5.36. The second-order valence-corrected chi connectivity index (χ2v) is 4.51. The largest absolute Gasteiger partial charge is 0.508 e. The summed E-state index contributed by atoms with van der Waals surface area (Å²) in [4.78, 5) is 24.9. The van der Waals surface area contributed by atoms with Gasteiger partial charge in [-0.05, 0) is 31.0 Å². The fourth-order valence-electron chi connectivity index (χ4n) is 1.57. The summed E-state index contributed by atoms with van der Waals surface area (Å²) in [5.74, 6) is -0.398. The first kappa shape index (κ1) is 15.0. The number of benzene rings is 1. The highest BCUT2D eigenvalue weighted by Crippen LogP contribution is 2.18.